The SMILES string of the molecule is Cc1ccc(OS(=O)(=O)C(F)(F)F)c(Br)c1. The highest BCUT2D eigenvalue weighted by atomic mass is 79.9. The highest BCUT2D eigenvalue weighted by Crippen LogP contribution is 2.31. The Morgan fingerprint density at radius 3 is 2.31 bits per heavy atom. The Morgan fingerprint density at radius 1 is 1.31 bits per heavy atom. The van der Waals surface area contributed by atoms with Gasteiger partial charge in [-0.2, -0.15) is 21.6 Å². The van der Waals surface area contributed by atoms with Gasteiger partial charge in [-0.3, -0.25) is 0 Å². The van der Waals surface area contributed by atoms with E-state index in [4.69, 9.17) is 0 Å². The molecule has 0 bridgehead atoms. The van der Waals surface area contributed by atoms with E-state index >= 15 is 0 Å². The molecule has 0 unspecified atom stereocenters. The Hall–Kier alpha value is -0.760. The van der Waals surface area contributed by atoms with Crippen LogP contribution in [-0.4, -0.2) is 13.9 Å². The average molecular weight is 319 g/mol. The lowest BCUT2D eigenvalue weighted by Gasteiger charge is -2.10. The predicted octanol–water partition coefficient (Wildman–Crippen LogP) is 2.99. The monoisotopic (exact) mass is 318 g/mol. The van der Waals surface area contributed by atoms with Gasteiger partial charge in [-0.1, -0.05) is 6.07 Å². The molecule has 0 aliphatic rings. The van der Waals surface area contributed by atoms with Gasteiger partial charge < -0.3 is 4.18 Å². The largest absolute Gasteiger partial charge is 0.534 e. The van der Waals surface area contributed by atoms with E-state index in [1.165, 1.54) is 12.1 Å². The third-order valence-electron chi connectivity index (χ3n) is 1.57. The summed E-state index contributed by atoms with van der Waals surface area (Å²) in [7, 11) is -5.62. The minimum atomic E-state index is -5.62. The van der Waals surface area contributed by atoms with Crippen LogP contribution in [0, 0.1) is 6.92 Å². The van der Waals surface area contributed by atoms with E-state index in [9.17, 15) is 21.6 Å². The quantitative estimate of drug-likeness (QED) is 0.622. The van der Waals surface area contributed by atoms with Crippen LogP contribution in [0.15, 0.2) is 22.7 Å². The molecule has 0 aliphatic heterocycles. The van der Waals surface area contributed by atoms with E-state index in [1.807, 2.05) is 0 Å². The molecule has 0 atom stereocenters. The van der Waals surface area contributed by atoms with E-state index in [2.05, 4.69) is 20.1 Å². The van der Waals surface area contributed by atoms with Crippen LogP contribution in [0.1, 0.15) is 5.56 Å². The summed E-state index contributed by atoms with van der Waals surface area (Å²) < 4.78 is 61.5. The first-order valence-corrected chi connectivity index (χ1v) is 6.10. The molecule has 0 N–H and O–H groups in total. The first-order chi connectivity index (χ1) is 7.13. The van der Waals surface area contributed by atoms with Gasteiger partial charge in [0.25, 0.3) is 0 Å². The van der Waals surface area contributed by atoms with Crippen LogP contribution in [0.3, 0.4) is 0 Å². The highest BCUT2D eigenvalue weighted by Gasteiger charge is 2.48. The lowest BCUT2D eigenvalue weighted by Crippen LogP contribution is -2.28. The third-order valence-corrected chi connectivity index (χ3v) is 3.16. The van der Waals surface area contributed by atoms with Crippen LogP contribution in [0.2, 0.25) is 0 Å². The van der Waals surface area contributed by atoms with Crippen molar-refractivity contribution in [3.63, 3.8) is 0 Å². The fourth-order valence-corrected chi connectivity index (χ4v) is 2.00. The standard InChI is InChI=1S/C8H6BrF3O3S/c1-5-2-3-7(6(9)4-5)15-16(13,14)8(10,11)12/h2-4H,1H3. The van der Waals surface area contributed by atoms with E-state index in [-0.39, 0.29) is 4.47 Å². The number of hydrogen-bond donors (Lipinski definition) is 0. The summed E-state index contributed by atoms with van der Waals surface area (Å²) in [6, 6.07) is 4.02. The van der Waals surface area contributed by atoms with Crippen LogP contribution >= 0.6 is 15.9 Å². The molecule has 1 aromatic carbocycles. The van der Waals surface area contributed by atoms with Gasteiger partial charge in [0, 0.05) is 0 Å². The van der Waals surface area contributed by atoms with E-state index in [1.54, 1.807) is 6.92 Å². The molecule has 1 aromatic rings. The van der Waals surface area contributed by atoms with Crippen molar-refractivity contribution < 1.29 is 25.8 Å². The minimum Gasteiger partial charge on any atom is -0.375 e. The normalized spacial score (nSPS) is 12.6. The maximum absolute atomic E-state index is 12.0. The van der Waals surface area contributed by atoms with E-state index < -0.39 is 21.4 Å². The van der Waals surface area contributed by atoms with Crippen molar-refractivity contribution in [2.45, 2.75) is 12.4 Å². The van der Waals surface area contributed by atoms with Gasteiger partial charge in [0.2, 0.25) is 0 Å². The van der Waals surface area contributed by atoms with Gasteiger partial charge in [0.15, 0.2) is 5.75 Å². The molecule has 16 heavy (non-hydrogen) atoms. The first-order valence-electron chi connectivity index (χ1n) is 3.90. The molecule has 0 spiro atoms. The summed E-state index contributed by atoms with van der Waals surface area (Å²) in [6.45, 7) is 1.70. The lowest BCUT2D eigenvalue weighted by molar-refractivity contribution is -0.0500. The number of halogens is 4. The molecule has 1 rings (SSSR count). The summed E-state index contributed by atoms with van der Waals surface area (Å²) in [5.74, 6) is -0.400. The van der Waals surface area contributed by atoms with Gasteiger partial charge in [-0.15, -0.1) is 0 Å². The molecule has 0 fully saturated rings. The molecule has 0 saturated heterocycles. The molecule has 0 aromatic heterocycles. The Kier molecular flexibility index (Phi) is 3.53. The van der Waals surface area contributed by atoms with Gasteiger partial charge in [0.1, 0.15) is 0 Å². The van der Waals surface area contributed by atoms with Gasteiger partial charge >= 0.3 is 15.6 Å². The van der Waals surface area contributed by atoms with Gasteiger partial charge in [0.05, 0.1) is 4.47 Å². The molecule has 0 amide bonds. The van der Waals surface area contributed by atoms with Crippen molar-refractivity contribution in [2.24, 2.45) is 0 Å². The second kappa shape index (κ2) is 4.25. The molecule has 0 saturated carbocycles. The Labute approximate surface area is 98.5 Å². The Balaban J connectivity index is 3.07. The van der Waals surface area contributed by atoms with Crippen LogP contribution in [0.4, 0.5) is 13.2 Å². The minimum absolute atomic E-state index is 0.139. The summed E-state index contributed by atoms with van der Waals surface area (Å²) >= 11 is 2.91. The molecular weight excluding hydrogens is 313 g/mol. The number of benzene rings is 1. The van der Waals surface area contributed by atoms with Crippen molar-refractivity contribution in [3.05, 3.63) is 28.2 Å². The number of rotatable bonds is 2. The summed E-state index contributed by atoms with van der Waals surface area (Å²) in [5, 5.41) is 0. The van der Waals surface area contributed by atoms with E-state index in [0.29, 0.717) is 0 Å². The summed E-state index contributed by atoms with van der Waals surface area (Å²) in [5.41, 5.74) is -4.68. The zero-order chi connectivity index (χ0) is 12.6. The Bertz CT molecular complexity index is 496. The molecule has 0 heterocycles. The van der Waals surface area contributed by atoms with Crippen LogP contribution < -0.4 is 4.18 Å². The Morgan fingerprint density at radius 2 is 1.88 bits per heavy atom. The number of aryl methyl sites for hydroxylation is 1. The van der Waals surface area contributed by atoms with Gasteiger partial charge in [-0.25, -0.2) is 0 Å². The van der Waals surface area contributed by atoms with Crippen molar-refractivity contribution in [3.8, 4) is 5.75 Å². The molecule has 0 radical (unpaired) electrons. The van der Waals surface area contributed by atoms with Gasteiger partial charge in [-0.05, 0) is 40.5 Å². The third kappa shape index (κ3) is 2.88. The maximum Gasteiger partial charge on any atom is 0.534 e. The predicted molar refractivity (Wildman–Crippen MR) is 54.5 cm³/mol. The van der Waals surface area contributed by atoms with Crippen LogP contribution in [0.5, 0.6) is 5.75 Å². The zero-order valence-corrected chi connectivity index (χ0v) is 10.3. The van der Waals surface area contributed by atoms with Crippen molar-refractivity contribution >= 4 is 26.0 Å². The topological polar surface area (TPSA) is 43.4 Å². The van der Waals surface area contributed by atoms with E-state index in [0.717, 1.165) is 11.6 Å². The number of hydrogen-bond acceptors (Lipinski definition) is 3. The first kappa shape index (κ1) is 13.3. The fraction of sp³-hybridized carbons (Fsp3) is 0.250. The fourth-order valence-electron chi connectivity index (χ4n) is 0.839. The number of alkyl halides is 3. The molecular formula is C8H6BrF3O3S. The van der Waals surface area contributed by atoms with Crippen molar-refractivity contribution in [1.29, 1.82) is 0 Å². The molecule has 8 heteroatoms. The smallest absolute Gasteiger partial charge is 0.375 e. The summed E-state index contributed by atoms with van der Waals surface area (Å²) in [6.07, 6.45) is 0. The van der Waals surface area contributed by atoms with Crippen molar-refractivity contribution in [1.82, 2.24) is 0 Å². The summed E-state index contributed by atoms with van der Waals surface area (Å²) in [4.78, 5) is 0. The second-order valence-corrected chi connectivity index (χ2v) is 5.31. The maximum atomic E-state index is 12.0. The second-order valence-electron chi connectivity index (χ2n) is 2.92. The molecule has 90 valence electrons. The molecule has 3 nitrogen and oxygen atoms in total. The average Bonchev–Trinajstić information content (AvgIpc) is 2.08. The van der Waals surface area contributed by atoms with Crippen molar-refractivity contribution in [2.75, 3.05) is 0 Å². The lowest BCUT2D eigenvalue weighted by atomic mass is 10.2. The highest BCUT2D eigenvalue weighted by molar-refractivity contribution is 9.10. The molecule has 0 aliphatic carbocycles. The van der Waals surface area contributed by atoms with Crippen LogP contribution in [0.25, 0.3) is 0 Å². The zero-order valence-electron chi connectivity index (χ0n) is 7.88. The van der Waals surface area contributed by atoms with Crippen LogP contribution in [-0.2, 0) is 10.1 Å².